The summed E-state index contributed by atoms with van der Waals surface area (Å²) in [6.07, 6.45) is 0. The second kappa shape index (κ2) is 7.79. The number of hydrogen-bond donors (Lipinski definition) is 3. The molecule has 3 N–H and O–H groups in total. The number of nitrogens with one attached hydrogen (secondary N) is 3. The number of benzene rings is 2. The first-order valence-corrected chi connectivity index (χ1v) is 7.43. The highest BCUT2D eigenvalue weighted by atomic mass is 16.2. The van der Waals surface area contributed by atoms with Crippen molar-refractivity contribution in [1.29, 1.82) is 5.26 Å². The van der Waals surface area contributed by atoms with Gasteiger partial charge in [-0.15, -0.1) is 0 Å². The van der Waals surface area contributed by atoms with E-state index < -0.39 is 6.04 Å². The normalized spacial score (nSPS) is 11.0. The van der Waals surface area contributed by atoms with Gasteiger partial charge in [0.15, 0.2) is 0 Å². The minimum atomic E-state index is -0.470. The Bertz CT molecular complexity index is 778. The minimum Gasteiger partial charge on any atom is -0.374 e. The molecule has 6 nitrogen and oxygen atoms in total. The molecule has 0 saturated carbocycles. The second-order valence-corrected chi connectivity index (χ2v) is 5.31. The number of carbonyl (C=O) groups excluding carboxylic acids is 2. The fourth-order valence-corrected chi connectivity index (χ4v) is 2.09. The van der Waals surface area contributed by atoms with Crippen molar-refractivity contribution in [2.75, 3.05) is 16.0 Å². The summed E-state index contributed by atoms with van der Waals surface area (Å²) in [5, 5.41) is 17.4. The van der Waals surface area contributed by atoms with Gasteiger partial charge in [-0.25, -0.2) is 0 Å². The van der Waals surface area contributed by atoms with Crippen LogP contribution in [0.1, 0.15) is 19.4 Å². The Hall–Kier alpha value is -3.33. The van der Waals surface area contributed by atoms with Crippen molar-refractivity contribution in [2.45, 2.75) is 19.9 Å². The molecule has 0 heterocycles. The molecule has 6 heteroatoms. The molecule has 122 valence electrons. The van der Waals surface area contributed by atoms with Crippen LogP contribution in [0, 0.1) is 11.3 Å². The van der Waals surface area contributed by atoms with Crippen LogP contribution in [-0.2, 0) is 9.59 Å². The lowest BCUT2D eigenvalue weighted by Crippen LogP contribution is -2.31. The third-order valence-corrected chi connectivity index (χ3v) is 3.24. The summed E-state index contributed by atoms with van der Waals surface area (Å²) < 4.78 is 0. The van der Waals surface area contributed by atoms with Crippen molar-refractivity contribution in [3.63, 3.8) is 0 Å². The number of amides is 2. The Morgan fingerprint density at radius 1 is 1.00 bits per heavy atom. The molecule has 0 saturated heterocycles. The molecule has 2 aromatic rings. The van der Waals surface area contributed by atoms with E-state index in [0.717, 1.165) is 5.69 Å². The molecule has 0 bridgehead atoms. The summed E-state index contributed by atoms with van der Waals surface area (Å²) in [7, 11) is 0. The fourth-order valence-electron chi connectivity index (χ4n) is 2.09. The van der Waals surface area contributed by atoms with E-state index in [1.54, 1.807) is 55.5 Å². The molecule has 24 heavy (non-hydrogen) atoms. The van der Waals surface area contributed by atoms with E-state index in [1.807, 2.05) is 6.07 Å². The number of hydrogen-bond acceptors (Lipinski definition) is 4. The van der Waals surface area contributed by atoms with Crippen LogP contribution in [0.25, 0.3) is 0 Å². The number of rotatable bonds is 5. The van der Waals surface area contributed by atoms with E-state index in [0.29, 0.717) is 16.9 Å². The van der Waals surface area contributed by atoms with Gasteiger partial charge in [0.1, 0.15) is 6.04 Å². The largest absolute Gasteiger partial charge is 0.374 e. The lowest BCUT2D eigenvalue weighted by atomic mass is 10.2. The van der Waals surface area contributed by atoms with E-state index in [2.05, 4.69) is 16.0 Å². The van der Waals surface area contributed by atoms with Gasteiger partial charge in [0.05, 0.1) is 11.6 Å². The number of anilines is 3. The van der Waals surface area contributed by atoms with Crippen LogP contribution in [0.4, 0.5) is 17.1 Å². The summed E-state index contributed by atoms with van der Waals surface area (Å²) in [6.45, 7) is 3.19. The monoisotopic (exact) mass is 322 g/mol. The first-order valence-electron chi connectivity index (χ1n) is 7.43. The molecule has 2 rings (SSSR count). The fraction of sp³-hybridized carbons (Fsp3) is 0.167. The summed E-state index contributed by atoms with van der Waals surface area (Å²) in [5.41, 5.74) is 2.52. The quantitative estimate of drug-likeness (QED) is 0.789. The van der Waals surface area contributed by atoms with E-state index in [4.69, 9.17) is 5.26 Å². The third kappa shape index (κ3) is 4.85. The zero-order valence-electron chi connectivity index (χ0n) is 13.5. The van der Waals surface area contributed by atoms with Crippen molar-refractivity contribution in [3.05, 3.63) is 54.1 Å². The number of nitriles is 1. The van der Waals surface area contributed by atoms with Gasteiger partial charge in [0, 0.05) is 24.0 Å². The van der Waals surface area contributed by atoms with Gasteiger partial charge in [-0.1, -0.05) is 6.07 Å². The third-order valence-electron chi connectivity index (χ3n) is 3.24. The van der Waals surface area contributed by atoms with Crippen molar-refractivity contribution >= 4 is 28.9 Å². The molecular weight excluding hydrogens is 304 g/mol. The Morgan fingerprint density at radius 3 is 2.29 bits per heavy atom. The van der Waals surface area contributed by atoms with Crippen molar-refractivity contribution in [1.82, 2.24) is 0 Å². The highest BCUT2D eigenvalue weighted by molar-refractivity contribution is 5.96. The molecule has 0 aliphatic rings. The van der Waals surface area contributed by atoms with E-state index in [9.17, 15) is 9.59 Å². The lowest BCUT2D eigenvalue weighted by molar-refractivity contribution is -0.116. The van der Waals surface area contributed by atoms with Gasteiger partial charge in [0.2, 0.25) is 11.8 Å². The van der Waals surface area contributed by atoms with Gasteiger partial charge in [-0.2, -0.15) is 5.26 Å². The number of carbonyl (C=O) groups is 2. The van der Waals surface area contributed by atoms with Crippen LogP contribution in [0.2, 0.25) is 0 Å². The summed E-state index contributed by atoms with van der Waals surface area (Å²) in [5.74, 6) is -0.348. The Kier molecular flexibility index (Phi) is 5.53. The lowest BCUT2D eigenvalue weighted by Gasteiger charge is -2.16. The van der Waals surface area contributed by atoms with Crippen LogP contribution < -0.4 is 16.0 Å². The Morgan fingerprint density at radius 2 is 1.67 bits per heavy atom. The van der Waals surface area contributed by atoms with Crippen LogP contribution in [0.5, 0.6) is 0 Å². The van der Waals surface area contributed by atoms with Gasteiger partial charge < -0.3 is 16.0 Å². The van der Waals surface area contributed by atoms with Gasteiger partial charge in [0.25, 0.3) is 0 Å². The molecule has 2 aromatic carbocycles. The molecule has 0 radical (unpaired) electrons. The summed E-state index contributed by atoms with van der Waals surface area (Å²) in [4.78, 5) is 23.2. The smallest absolute Gasteiger partial charge is 0.246 e. The predicted octanol–water partition coefficient (Wildman–Crippen LogP) is 2.96. The Balaban J connectivity index is 1.95. The molecule has 0 spiro atoms. The second-order valence-electron chi connectivity index (χ2n) is 5.31. The highest BCUT2D eigenvalue weighted by Crippen LogP contribution is 2.15. The van der Waals surface area contributed by atoms with Crippen LogP contribution in [0.3, 0.4) is 0 Å². The highest BCUT2D eigenvalue weighted by Gasteiger charge is 2.13. The van der Waals surface area contributed by atoms with E-state index in [-0.39, 0.29) is 11.8 Å². The summed E-state index contributed by atoms with van der Waals surface area (Å²) in [6, 6.07) is 15.4. The average molecular weight is 322 g/mol. The van der Waals surface area contributed by atoms with Gasteiger partial charge in [-0.05, 0) is 49.4 Å². The first kappa shape index (κ1) is 17.0. The van der Waals surface area contributed by atoms with Crippen molar-refractivity contribution < 1.29 is 9.59 Å². The van der Waals surface area contributed by atoms with Gasteiger partial charge >= 0.3 is 0 Å². The average Bonchev–Trinajstić information content (AvgIpc) is 2.56. The van der Waals surface area contributed by atoms with E-state index >= 15 is 0 Å². The molecule has 0 fully saturated rings. The molecule has 0 aromatic heterocycles. The Labute approximate surface area is 140 Å². The summed E-state index contributed by atoms with van der Waals surface area (Å²) >= 11 is 0. The molecule has 0 aliphatic carbocycles. The first-order chi connectivity index (χ1) is 11.5. The maximum Gasteiger partial charge on any atom is 0.246 e. The van der Waals surface area contributed by atoms with Gasteiger partial charge in [-0.3, -0.25) is 9.59 Å². The minimum absolute atomic E-state index is 0.136. The molecule has 1 unspecified atom stereocenters. The van der Waals surface area contributed by atoms with Crippen LogP contribution in [0.15, 0.2) is 48.5 Å². The number of nitrogens with zero attached hydrogens (tertiary/aromatic N) is 1. The molecule has 1 atom stereocenters. The van der Waals surface area contributed by atoms with E-state index in [1.165, 1.54) is 6.92 Å². The van der Waals surface area contributed by atoms with Crippen molar-refractivity contribution in [3.8, 4) is 6.07 Å². The molecule has 2 amide bonds. The predicted molar refractivity (Wildman–Crippen MR) is 93.6 cm³/mol. The van der Waals surface area contributed by atoms with Crippen LogP contribution >= 0.6 is 0 Å². The van der Waals surface area contributed by atoms with Crippen molar-refractivity contribution in [2.24, 2.45) is 0 Å². The zero-order chi connectivity index (χ0) is 17.5. The SMILES string of the molecule is CC(=O)Nc1ccc(NC(C)C(=O)Nc2cccc(C#N)c2)cc1. The standard InChI is InChI=1S/C18H18N4O2/c1-12(18(24)22-17-5-3-4-14(10-17)11-19)20-15-6-8-16(9-7-15)21-13(2)23/h3-10,12,20H,1-2H3,(H,21,23)(H,22,24). The molecule has 0 aliphatic heterocycles. The topological polar surface area (TPSA) is 94.0 Å². The van der Waals surface area contributed by atoms with Crippen LogP contribution in [-0.4, -0.2) is 17.9 Å². The maximum atomic E-state index is 12.2. The zero-order valence-corrected chi connectivity index (χ0v) is 13.5. The maximum absolute atomic E-state index is 12.2. The molecular formula is C18H18N4O2.